The van der Waals surface area contributed by atoms with Crippen LogP contribution in [-0.2, 0) is 13.8 Å². The number of halogens is 1. The molecule has 86 valence electrons. The fourth-order valence-electron chi connectivity index (χ4n) is 0.994. The molecule has 14 heavy (non-hydrogen) atoms. The van der Waals surface area contributed by atoms with Crippen molar-refractivity contribution in [2.75, 3.05) is 12.4 Å². The number of ether oxygens (including phenoxy) is 1. The van der Waals surface area contributed by atoms with E-state index in [-0.39, 0.29) is 11.9 Å². The van der Waals surface area contributed by atoms with Crippen molar-refractivity contribution in [3.05, 3.63) is 0 Å². The summed E-state index contributed by atoms with van der Waals surface area (Å²) in [6.45, 7) is 8.06. The molecule has 0 aromatic rings. The molecule has 0 fully saturated rings. The molecule has 0 amide bonds. The molecule has 0 aliphatic carbocycles. The van der Waals surface area contributed by atoms with E-state index in [1.807, 2.05) is 27.7 Å². The van der Waals surface area contributed by atoms with E-state index in [0.29, 0.717) is 6.61 Å². The van der Waals surface area contributed by atoms with Gasteiger partial charge in [0.15, 0.2) is 0 Å². The minimum atomic E-state index is -3.44. The van der Waals surface area contributed by atoms with Gasteiger partial charge in [-0.15, -0.1) is 0 Å². The van der Waals surface area contributed by atoms with Crippen molar-refractivity contribution >= 4 is 19.7 Å². The molecule has 1 unspecified atom stereocenters. The highest BCUT2D eigenvalue weighted by Gasteiger charge is 2.25. The molecule has 0 heterocycles. The Morgan fingerprint density at radius 1 is 1.43 bits per heavy atom. The highest BCUT2D eigenvalue weighted by molar-refractivity contribution is 8.13. The van der Waals surface area contributed by atoms with Crippen LogP contribution in [0.15, 0.2) is 0 Å². The number of hydrogen-bond acceptors (Lipinski definition) is 3. The van der Waals surface area contributed by atoms with Crippen molar-refractivity contribution < 1.29 is 13.2 Å². The lowest BCUT2D eigenvalue weighted by molar-refractivity contribution is 0.0181. The van der Waals surface area contributed by atoms with Crippen molar-refractivity contribution in [3.8, 4) is 0 Å². The van der Waals surface area contributed by atoms with Crippen LogP contribution >= 0.6 is 10.7 Å². The predicted octanol–water partition coefficient (Wildman–Crippen LogP) is 2.40. The lowest BCUT2D eigenvalue weighted by Gasteiger charge is -2.24. The van der Waals surface area contributed by atoms with Crippen LogP contribution in [0.3, 0.4) is 0 Å². The minimum Gasteiger partial charge on any atom is -0.378 e. The van der Waals surface area contributed by atoms with Crippen molar-refractivity contribution in [1.82, 2.24) is 0 Å². The molecule has 0 saturated carbocycles. The summed E-state index contributed by atoms with van der Waals surface area (Å²) in [5, 5.41) is 0. The molecule has 0 aromatic heterocycles. The quantitative estimate of drug-likeness (QED) is 0.672. The first kappa shape index (κ1) is 14.2. The van der Waals surface area contributed by atoms with Gasteiger partial charge in [-0.1, -0.05) is 20.8 Å². The molecule has 5 heteroatoms. The fourth-order valence-corrected chi connectivity index (χ4v) is 2.90. The van der Waals surface area contributed by atoms with E-state index in [1.54, 1.807) is 0 Å². The second kappa shape index (κ2) is 5.33. The molecule has 0 aromatic carbocycles. The summed E-state index contributed by atoms with van der Waals surface area (Å²) < 4.78 is 27.2. The van der Waals surface area contributed by atoms with Crippen LogP contribution in [0.25, 0.3) is 0 Å². The maximum atomic E-state index is 10.9. The Morgan fingerprint density at radius 2 is 1.93 bits per heavy atom. The van der Waals surface area contributed by atoms with Crippen LogP contribution < -0.4 is 0 Å². The third-order valence-corrected chi connectivity index (χ3v) is 3.35. The molecule has 0 N–H and O–H groups in total. The van der Waals surface area contributed by atoms with Crippen molar-refractivity contribution in [2.24, 2.45) is 5.41 Å². The first-order valence-corrected chi connectivity index (χ1v) is 7.18. The highest BCUT2D eigenvalue weighted by Crippen LogP contribution is 2.21. The van der Waals surface area contributed by atoms with E-state index in [0.717, 1.165) is 6.42 Å². The summed E-state index contributed by atoms with van der Waals surface area (Å²) in [5.74, 6) is -0.0575. The topological polar surface area (TPSA) is 43.4 Å². The molecular formula is C9H19ClO3S. The van der Waals surface area contributed by atoms with Gasteiger partial charge in [-0.25, -0.2) is 8.42 Å². The summed E-state index contributed by atoms with van der Waals surface area (Å²) >= 11 is 0. The molecule has 0 bridgehead atoms. The average molecular weight is 243 g/mol. The average Bonchev–Trinajstić information content (AvgIpc) is 1.96. The fraction of sp³-hybridized carbons (Fsp3) is 1.00. The molecule has 1 atom stereocenters. The summed E-state index contributed by atoms with van der Waals surface area (Å²) in [4.78, 5) is 0. The Labute approximate surface area is 91.2 Å². The van der Waals surface area contributed by atoms with Crippen LogP contribution in [0, 0.1) is 5.41 Å². The van der Waals surface area contributed by atoms with E-state index in [9.17, 15) is 8.42 Å². The van der Waals surface area contributed by atoms with Crippen LogP contribution in [0.2, 0.25) is 0 Å². The van der Waals surface area contributed by atoms with E-state index in [4.69, 9.17) is 15.4 Å². The minimum absolute atomic E-state index is 0.0575. The molecule has 0 spiro atoms. The van der Waals surface area contributed by atoms with Crippen LogP contribution in [0.5, 0.6) is 0 Å². The maximum Gasteiger partial charge on any atom is 0.233 e. The van der Waals surface area contributed by atoms with Gasteiger partial charge < -0.3 is 4.74 Å². The molecule has 0 saturated heterocycles. The molecular weight excluding hydrogens is 224 g/mol. The van der Waals surface area contributed by atoms with E-state index < -0.39 is 14.5 Å². The molecule has 0 radical (unpaired) electrons. The Morgan fingerprint density at radius 3 is 2.29 bits per heavy atom. The summed E-state index contributed by atoms with van der Waals surface area (Å²) in [6, 6.07) is 0. The summed E-state index contributed by atoms with van der Waals surface area (Å²) in [5.41, 5.74) is -0.427. The molecule has 0 rings (SSSR count). The Hall–Kier alpha value is 0.200. The summed E-state index contributed by atoms with van der Waals surface area (Å²) in [6.07, 6.45) is 1.08. The van der Waals surface area contributed by atoms with Crippen LogP contribution in [0.4, 0.5) is 0 Å². The lowest BCUT2D eigenvalue weighted by Crippen LogP contribution is -2.28. The van der Waals surface area contributed by atoms with Gasteiger partial charge in [0.2, 0.25) is 9.05 Å². The molecule has 0 aliphatic heterocycles. The van der Waals surface area contributed by atoms with Crippen molar-refractivity contribution in [2.45, 2.75) is 40.2 Å². The lowest BCUT2D eigenvalue weighted by atomic mass is 9.98. The summed E-state index contributed by atoms with van der Waals surface area (Å²) in [7, 11) is 1.74. The van der Waals surface area contributed by atoms with Gasteiger partial charge in [0.1, 0.15) is 0 Å². The Balaban J connectivity index is 4.08. The first-order chi connectivity index (χ1) is 6.16. The number of rotatable bonds is 6. The third-order valence-electron chi connectivity index (χ3n) is 1.90. The SMILES string of the molecule is CCC(C)OCC(C)(C)CS(=O)(=O)Cl. The van der Waals surface area contributed by atoms with E-state index >= 15 is 0 Å². The van der Waals surface area contributed by atoms with E-state index in [2.05, 4.69) is 0 Å². The van der Waals surface area contributed by atoms with Crippen LogP contribution in [-0.4, -0.2) is 26.9 Å². The van der Waals surface area contributed by atoms with E-state index in [1.165, 1.54) is 0 Å². The normalized spacial score (nSPS) is 15.5. The largest absolute Gasteiger partial charge is 0.378 e. The van der Waals surface area contributed by atoms with Gasteiger partial charge in [-0.3, -0.25) is 0 Å². The highest BCUT2D eigenvalue weighted by atomic mass is 35.7. The first-order valence-electron chi connectivity index (χ1n) is 4.70. The third kappa shape index (κ3) is 7.59. The zero-order valence-electron chi connectivity index (χ0n) is 9.21. The predicted molar refractivity (Wildman–Crippen MR) is 59.1 cm³/mol. The molecule has 0 aliphatic rings. The molecule has 3 nitrogen and oxygen atoms in total. The van der Waals surface area contributed by atoms with Gasteiger partial charge in [0.25, 0.3) is 0 Å². The Bertz CT molecular complexity index is 259. The maximum absolute atomic E-state index is 10.9. The van der Waals surface area contributed by atoms with Crippen LogP contribution in [0.1, 0.15) is 34.1 Å². The van der Waals surface area contributed by atoms with Gasteiger partial charge in [0, 0.05) is 16.1 Å². The van der Waals surface area contributed by atoms with Crippen molar-refractivity contribution in [3.63, 3.8) is 0 Å². The standard InChI is InChI=1S/C9H19ClO3S/c1-5-8(2)13-6-9(3,4)7-14(10,11)12/h8H,5-7H2,1-4H3. The zero-order valence-corrected chi connectivity index (χ0v) is 10.8. The zero-order chi connectivity index (χ0) is 11.4. The van der Waals surface area contributed by atoms with Gasteiger partial charge in [-0.05, 0) is 13.3 Å². The van der Waals surface area contributed by atoms with Gasteiger partial charge >= 0.3 is 0 Å². The van der Waals surface area contributed by atoms with Crippen molar-refractivity contribution in [1.29, 1.82) is 0 Å². The second-order valence-electron chi connectivity index (χ2n) is 4.38. The Kier molecular flexibility index (Phi) is 5.41. The second-order valence-corrected chi connectivity index (χ2v) is 7.15. The number of hydrogen-bond donors (Lipinski definition) is 0. The smallest absolute Gasteiger partial charge is 0.233 e. The van der Waals surface area contributed by atoms with Gasteiger partial charge in [-0.2, -0.15) is 0 Å². The monoisotopic (exact) mass is 242 g/mol. The van der Waals surface area contributed by atoms with Gasteiger partial charge in [0.05, 0.1) is 18.5 Å².